The molecule has 4 heteroatoms. The van der Waals surface area contributed by atoms with E-state index < -0.39 is 0 Å². The van der Waals surface area contributed by atoms with Gasteiger partial charge in [0.1, 0.15) is 0 Å². The number of halogens is 1. The van der Waals surface area contributed by atoms with Crippen molar-refractivity contribution >= 4 is 5.78 Å². The van der Waals surface area contributed by atoms with Gasteiger partial charge in [-0.2, -0.15) is 0 Å². The van der Waals surface area contributed by atoms with Gasteiger partial charge in [-0.05, 0) is 6.08 Å². The standard InChI is InChI=1S/C15H18NO2.ClH/c1-4-13(17)15(12-8-6-5-7-9-12)16(2,3)14-10-11-18-14;/h4-11,14-15H,1H2,2-3H3;1H/q+1;/p-1. The molecule has 2 atom stereocenters. The molecule has 1 aromatic carbocycles. The van der Waals surface area contributed by atoms with Crippen LogP contribution in [0.25, 0.3) is 0 Å². The number of quaternary nitrogens is 1. The normalized spacial score (nSPS) is 18.5. The van der Waals surface area contributed by atoms with Crippen molar-refractivity contribution in [2.24, 2.45) is 0 Å². The average molecular weight is 280 g/mol. The van der Waals surface area contributed by atoms with E-state index >= 15 is 0 Å². The van der Waals surface area contributed by atoms with E-state index in [2.05, 4.69) is 6.58 Å². The Morgan fingerprint density at radius 3 is 2.37 bits per heavy atom. The molecular formula is C15H18ClNO2. The third kappa shape index (κ3) is 2.88. The number of rotatable bonds is 5. The molecule has 0 fully saturated rings. The van der Waals surface area contributed by atoms with E-state index in [1.54, 1.807) is 6.26 Å². The van der Waals surface area contributed by atoms with Gasteiger partial charge in [0.15, 0.2) is 6.04 Å². The van der Waals surface area contributed by atoms with Crippen LogP contribution < -0.4 is 12.4 Å². The Morgan fingerprint density at radius 2 is 1.95 bits per heavy atom. The first-order valence-electron chi connectivity index (χ1n) is 5.94. The lowest BCUT2D eigenvalue weighted by atomic mass is 9.98. The quantitative estimate of drug-likeness (QED) is 0.533. The second-order valence-corrected chi connectivity index (χ2v) is 4.90. The van der Waals surface area contributed by atoms with Crippen molar-refractivity contribution in [2.45, 2.75) is 12.3 Å². The van der Waals surface area contributed by atoms with Gasteiger partial charge in [0.25, 0.3) is 6.23 Å². The van der Waals surface area contributed by atoms with Gasteiger partial charge in [-0.25, -0.2) is 0 Å². The van der Waals surface area contributed by atoms with Gasteiger partial charge in [0.05, 0.1) is 20.4 Å². The highest BCUT2D eigenvalue weighted by atomic mass is 35.5. The van der Waals surface area contributed by atoms with Crippen LogP contribution in [-0.4, -0.2) is 30.6 Å². The molecule has 102 valence electrons. The summed E-state index contributed by atoms with van der Waals surface area (Å²) < 4.78 is 5.83. The van der Waals surface area contributed by atoms with Crippen LogP contribution in [-0.2, 0) is 9.53 Å². The van der Waals surface area contributed by atoms with Crippen molar-refractivity contribution < 1.29 is 26.4 Å². The molecule has 0 aromatic heterocycles. The van der Waals surface area contributed by atoms with Crippen LogP contribution in [0.1, 0.15) is 11.6 Å². The summed E-state index contributed by atoms with van der Waals surface area (Å²) in [6, 6.07) is 9.46. The Balaban J connectivity index is 0.00000180. The molecule has 0 saturated carbocycles. The smallest absolute Gasteiger partial charge is 0.256 e. The van der Waals surface area contributed by atoms with Crippen molar-refractivity contribution in [1.82, 2.24) is 0 Å². The molecule has 0 saturated heterocycles. The summed E-state index contributed by atoms with van der Waals surface area (Å²) >= 11 is 0. The van der Waals surface area contributed by atoms with Gasteiger partial charge in [-0.15, -0.1) is 0 Å². The highest BCUT2D eigenvalue weighted by Crippen LogP contribution is 2.32. The van der Waals surface area contributed by atoms with Crippen LogP contribution in [0.5, 0.6) is 0 Å². The number of carbonyl (C=O) groups is 1. The molecule has 1 aliphatic rings. The number of ether oxygens (including phenoxy) is 1. The number of hydrogen-bond acceptors (Lipinski definition) is 2. The molecule has 2 rings (SSSR count). The van der Waals surface area contributed by atoms with Crippen LogP contribution >= 0.6 is 0 Å². The summed E-state index contributed by atoms with van der Waals surface area (Å²) in [7, 11) is 3.99. The molecule has 1 aromatic rings. The minimum atomic E-state index is -0.293. The lowest BCUT2D eigenvalue weighted by molar-refractivity contribution is -0.951. The van der Waals surface area contributed by atoms with Crippen molar-refractivity contribution in [3.05, 3.63) is 60.9 Å². The minimum absolute atomic E-state index is 0. The highest BCUT2D eigenvalue weighted by Gasteiger charge is 2.42. The second kappa shape index (κ2) is 6.04. The molecule has 0 aliphatic carbocycles. The van der Waals surface area contributed by atoms with Crippen LogP contribution in [0.4, 0.5) is 0 Å². The Hall–Kier alpha value is -1.58. The number of nitrogens with zero attached hydrogens (tertiary/aromatic N) is 1. The topological polar surface area (TPSA) is 26.3 Å². The summed E-state index contributed by atoms with van der Waals surface area (Å²) in [5.74, 6) is 0.00935. The summed E-state index contributed by atoms with van der Waals surface area (Å²) in [5.41, 5.74) is 0.983. The Labute approximate surface area is 120 Å². The Bertz CT molecular complexity index is 482. The van der Waals surface area contributed by atoms with E-state index in [4.69, 9.17) is 4.74 Å². The van der Waals surface area contributed by atoms with E-state index in [1.807, 2.05) is 50.5 Å². The van der Waals surface area contributed by atoms with E-state index in [0.29, 0.717) is 4.48 Å². The predicted octanol–water partition coefficient (Wildman–Crippen LogP) is -0.567. The zero-order chi connectivity index (χ0) is 13.2. The first kappa shape index (κ1) is 15.5. The number of hydrogen-bond donors (Lipinski definition) is 0. The summed E-state index contributed by atoms with van der Waals surface area (Å²) in [6.07, 6.45) is 4.93. The molecule has 0 bridgehead atoms. The first-order valence-corrected chi connectivity index (χ1v) is 5.94. The third-order valence-corrected chi connectivity index (χ3v) is 3.37. The van der Waals surface area contributed by atoms with Gasteiger partial charge in [0, 0.05) is 11.6 Å². The first-order chi connectivity index (χ1) is 8.57. The number of benzene rings is 1. The van der Waals surface area contributed by atoms with Crippen LogP contribution in [0.15, 0.2) is 55.3 Å². The molecule has 1 heterocycles. The maximum Gasteiger partial charge on any atom is 0.256 e. The van der Waals surface area contributed by atoms with Crippen LogP contribution in [0.3, 0.4) is 0 Å². The lowest BCUT2D eigenvalue weighted by Crippen LogP contribution is -3.00. The molecule has 19 heavy (non-hydrogen) atoms. The summed E-state index contributed by atoms with van der Waals surface area (Å²) in [5, 5.41) is 0. The maximum atomic E-state index is 12.2. The SMILES string of the molecule is C=CC(=O)C(c1ccccc1)[N+](C)(C)C1C=CO1.[Cl-]. The average Bonchev–Trinajstić information content (AvgIpc) is 2.27. The van der Waals surface area contributed by atoms with Gasteiger partial charge in [-0.3, -0.25) is 9.28 Å². The fourth-order valence-corrected chi connectivity index (χ4v) is 2.30. The largest absolute Gasteiger partial charge is 1.00 e. The second-order valence-electron chi connectivity index (χ2n) is 4.90. The predicted molar refractivity (Wildman–Crippen MR) is 70.5 cm³/mol. The van der Waals surface area contributed by atoms with E-state index in [0.717, 1.165) is 5.56 Å². The Morgan fingerprint density at radius 1 is 1.37 bits per heavy atom. The molecule has 0 N–H and O–H groups in total. The maximum absolute atomic E-state index is 12.2. The molecular weight excluding hydrogens is 262 g/mol. The number of likely N-dealkylation sites (N-methyl/N-ethyl adjacent to an activating group) is 1. The van der Waals surface area contributed by atoms with E-state index in [1.165, 1.54) is 6.08 Å². The van der Waals surface area contributed by atoms with Crippen molar-refractivity contribution in [2.75, 3.05) is 14.1 Å². The van der Waals surface area contributed by atoms with Crippen molar-refractivity contribution in [3.8, 4) is 0 Å². The fourth-order valence-electron chi connectivity index (χ4n) is 2.30. The zero-order valence-corrected chi connectivity index (χ0v) is 11.9. The van der Waals surface area contributed by atoms with Crippen LogP contribution in [0.2, 0.25) is 0 Å². The summed E-state index contributed by atoms with van der Waals surface area (Å²) in [6.45, 7) is 3.61. The monoisotopic (exact) mass is 279 g/mol. The molecule has 1 aliphatic heterocycles. The van der Waals surface area contributed by atoms with E-state index in [9.17, 15) is 4.79 Å². The minimum Gasteiger partial charge on any atom is -1.00 e. The molecule has 0 amide bonds. The van der Waals surface area contributed by atoms with Gasteiger partial charge in [-0.1, -0.05) is 36.9 Å². The van der Waals surface area contributed by atoms with Crippen LogP contribution in [0, 0.1) is 0 Å². The van der Waals surface area contributed by atoms with Crippen molar-refractivity contribution in [3.63, 3.8) is 0 Å². The summed E-state index contributed by atoms with van der Waals surface area (Å²) in [4.78, 5) is 12.2. The van der Waals surface area contributed by atoms with E-state index in [-0.39, 0.29) is 30.5 Å². The van der Waals surface area contributed by atoms with Gasteiger partial charge in [0.2, 0.25) is 5.78 Å². The molecule has 0 spiro atoms. The highest BCUT2D eigenvalue weighted by molar-refractivity contribution is 5.93. The molecule has 3 nitrogen and oxygen atoms in total. The van der Waals surface area contributed by atoms with Crippen molar-refractivity contribution in [1.29, 1.82) is 0 Å². The zero-order valence-electron chi connectivity index (χ0n) is 11.1. The molecule has 0 radical (unpaired) electrons. The fraction of sp³-hybridized carbons (Fsp3) is 0.267. The van der Waals surface area contributed by atoms with Gasteiger partial charge >= 0.3 is 0 Å². The molecule has 2 unspecified atom stereocenters. The lowest BCUT2D eigenvalue weighted by Gasteiger charge is -2.43. The number of ketones is 1. The third-order valence-electron chi connectivity index (χ3n) is 3.37. The van der Waals surface area contributed by atoms with Gasteiger partial charge < -0.3 is 17.1 Å². The number of carbonyl (C=O) groups excluding carboxylic acids is 1. The Kier molecular flexibility index (Phi) is 4.92.